The Hall–Kier alpha value is -2.78. The fraction of sp³-hybridized carbons (Fsp3) is 0.333. The Labute approximate surface area is 201 Å². The topological polar surface area (TPSA) is 104 Å². The van der Waals surface area contributed by atoms with Crippen molar-refractivity contribution in [2.75, 3.05) is 18.8 Å². The Morgan fingerprint density at radius 2 is 1.76 bits per heavy atom. The predicted octanol–water partition coefficient (Wildman–Crippen LogP) is 2.76. The first-order chi connectivity index (χ1) is 15.8. The van der Waals surface area contributed by atoms with E-state index in [-0.39, 0.29) is 16.9 Å². The third kappa shape index (κ3) is 7.36. The van der Waals surface area contributed by atoms with Gasteiger partial charge < -0.3 is 15.3 Å². The highest BCUT2D eigenvalue weighted by molar-refractivity contribution is 8.14. The minimum absolute atomic E-state index is 0.108. The number of carboxylic acid groups (broad SMARTS) is 1. The van der Waals surface area contributed by atoms with Gasteiger partial charge in [-0.3, -0.25) is 19.2 Å². The number of amides is 2. The number of hydrogen-bond acceptors (Lipinski definition) is 6. The summed E-state index contributed by atoms with van der Waals surface area (Å²) in [5.74, 6) is -1.64. The molecule has 0 aromatic heterocycles. The first-order valence-electron chi connectivity index (χ1n) is 10.5. The van der Waals surface area contributed by atoms with Crippen molar-refractivity contribution >= 4 is 46.4 Å². The Kier molecular flexibility index (Phi) is 8.96. The lowest BCUT2D eigenvalue weighted by molar-refractivity contribution is -0.145. The molecular formula is C24H26N2O5S2. The molecule has 2 aromatic rings. The smallest absolute Gasteiger partial charge is 0.323 e. The van der Waals surface area contributed by atoms with Crippen molar-refractivity contribution in [2.24, 2.45) is 0 Å². The maximum Gasteiger partial charge on any atom is 0.323 e. The van der Waals surface area contributed by atoms with Crippen LogP contribution in [0.1, 0.15) is 23.3 Å². The van der Waals surface area contributed by atoms with Crippen molar-refractivity contribution in [1.82, 2.24) is 10.2 Å². The van der Waals surface area contributed by atoms with Gasteiger partial charge in [0.05, 0.1) is 5.25 Å². The van der Waals surface area contributed by atoms with Gasteiger partial charge in [-0.15, -0.1) is 11.8 Å². The molecule has 174 valence electrons. The van der Waals surface area contributed by atoms with Gasteiger partial charge in [-0.1, -0.05) is 72.4 Å². The number of benzene rings is 2. The van der Waals surface area contributed by atoms with Crippen LogP contribution in [0.15, 0.2) is 60.7 Å². The Morgan fingerprint density at radius 1 is 1.12 bits per heavy atom. The molecule has 1 aliphatic heterocycles. The van der Waals surface area contributed by atoms with Crippen molar-refractivity contribution in [3.05, 3.63) is 71.8 Å². The third-order valence-corrected chi connectivity index (χ3v) is 7.49. The number of carbonyl (C=O) groups is 4. The standard InChI is InChI=1S/C24H26N2O5S2/c1-16(27)33-20(12-17-8-4-2-5-9-17)23(30)25-19-15-32-21(18-10-6-3-7-11-18)13-26(24(19)31)14-22(28)29/h2-11,19-21H,12-15H2,1H3,(H,25,30)(H,28,29). The zero-order valence-electron chi connectivity index (χ0n) is 18.2. The van der Waals surface area contributed by atoms with Crippen molar-refractivity contribution in [2.45, 2.75) is 29.9 Å². The summed E-state index contributed by atoms with van der Waals surface area (Å²) >= 11 is 2.44. The number of aliphatic carboxylic acids is 1. The van der Waals surface area contributed by atoms with E-state index >= 15 is 0 Å². The second kappa shape index (κ2) is 11.9. The Bertz CT molecular complexity index is 987. The van der Waals surface area contributed by atoms with Crippen molar-refractivity contribution < 1.29 is 24.3 Å². The van der Waals surface area contributed by atoms with E-state index in [1.54, 1.807) is 0 Å². The van der Waals surface area contributed by atoms with E-state index in [0.29, 0.717) is 12.2 Å². The molecule has 0 saturated carbocycles. The predicted molar refractivity (Wildman–Crippen MR) is 130 cm³/mol. The van der Waals surface area contributed by atoms with E-state index in [2.05, 4.69) is 5.32 Å². The first-order valence-corrected chi connectivity index (χ1v) is 12.4. The SMILES string of the molecule is CC(=O)SC(Cc1ccccc1)C(=O)NC1CSC(c2ccccc2)CN(CC(=O)O)C1=O. The largest absolute Gasteiger partial charge is 0.480 e. The lowest BCUT2D eigenvalue weighted by Crippen LogP contribution is -2.52. The lowest BCUT2D eigenvalue weighted by atomic mass is 10.1. The van der Waals surface area contributed by atoms with Crippen LogP contribution in [0.5, 0.6) is 0 Å². The summed E-state index contributed by atoms with van der Waals surface area (Å²) in [5.41, 5.74) is 1.90. The molecule has 2 amide bonds. The Morgan fingerprint density at radius 3 is 2.36 bits per heavy atom. The summed E-state index contributed by atoms with van der Waals surface area (Å²) < 4.78 is 0. The number of thioether (sulfide) groups is 2. The average Bonchev–Trinajstić information content (AvgIpc) is 2.93. The van der Waals surface area contributed by atoms with Crippen LogP contribution in [0, 0.1) is 0 Å². The fourth-order valence-electron chi connectivity index (χ4n) is 3.61. The van der Waals surface area contributed by atoms with E-state index in [1.807, 2.05) is 60.7 Å². The molecule has 1 heterocycles. The summed E-state index contributed by atoms with van der Waals surface area (Å²) in [4.78, 5) is 50.7. The number of carbonyl (C=O) groups excluding carboxylic acids is 3. The van der Waals surface area contributed by atoms with Crippen LogP contribution in [0.3, 0.4) is 0 Å². The Balaban J connectivity index is 1.77. The quantitative estimate of drug-likeness (QED) is 0.591. The highest BCUT2D eigenvalue weighted by Crippen LogP contribution is 2.33. The second-order valence-corrected chi connectivity index (χ2v) is 10.3. The molecule has 1 fully saturated rings. The maximum atomic E-state index is 13.2. The van der Waals surface area contributed by atoms with Gasteiger partial charge in [-0.2, -0.15) is 0 Å². The number of rotatable bonds is 8. The first kappa shape index (κ1) is 24.9. The van der Waals surface area contributed by atoms with Crippen LogP contribution in [0.25, 0.3) is 0 Å². The van der Waals surface area contributed by atoms with E-state index < -0.39 is 35.6 Å². The van der Waals surface area contributed by atoms with Crippen LogP contribution in [-0.2, 0) is 25.6 Å². The van der Waals surface area contributed by atoms with Gasteiger partial charge in [0.2, 0.25) is 11.8 Å². The van der Waals surface area contributed by atoms with Crippen LogP contribution < -0.4 is 5.32 Å². The van der Waals surface area contributed by atoms with Gasteiger partial charge in [0.15, 0.2) is 5.12 Å². The third-order valence-electron chi connectivity index (χ3n) is 5.14. The molecule has 0 radical (unpaired) electrons. The van der Waals surface area contributed by atoms with Gasteiger partial charge in [0.25, 0.3) is 0 Å². The highest BCUT2D eigenvalue weighted by atomic mass is 32.2. The molecule has 7 nitrogen and oxygen atoms in total. The molecule has 2 N–H and O–H groups in total. The van der Waals surface area contributed by atoms with Gasteiger partial charge in [0, 0.05) is 24.5 Å². The highest BCUT2D eigenvalue weighted by Gasteiger charge is 2.35. The summed E-state index contributed by atoms with van der Waals surface area (Å²) in [6, 6.07) is 18.1. The molecule has 2 aromatic carbocycles. The number of nitrogens with zero attached hydrogens (tertiary/aromatic N) is 1. The minimum Gasteiger partial charge on any atom is -0.480 e. The zero-order chi connectivity index (χ0) is 23.8. The number of nitrogens with one attached hydrogen (secondary N) is 1. The molecular weight excluding hydrogens is 460 g/mol. The molecule has 3 atom stereocenters. The number of hydrogen-bond donors (Lipinski definition) is 2. The molecule has 9 heteroatoms. The molecule has 0 spiro atoms. The van der Waals surface area contributed by atoms with E-state index in [0.717, 1.165) is 22.9 Å². The van der Waals surface area contributed by atoms with Crippen LogP contribution in [0.2, 0.25) is 0 Å². The van der Waals surface area contributed by atoms with E-state index in [9.17, 15) is 24.3 Å². The average molecular weight is 487 g/mol. The monoisotopic (exact) mass is 486 g/mol. The molecule has 3 unspecified atom stereocenters. The van der Waals surface area contributed by atoms with Crippen molar-refractivity contribution in [1.29, 1.82) is 0 Å². The maximum absolute atomic E-state index is 13.2. The van der Waals surface area contributed by atoms with Gasteiger partial charge in [0.1, 0.15) is 12.6 Å². The normalized spacial score (nSPS) is 19.4. The summed E-state index contributed by atoms with van der Waals surface area (Å²) in [5, 5.41) is 11.1. The summed E-state index contributed by atoms with van der Waals surface area (Å²) in [7, 11) is 0. The van der Waals surface area contributed by atoms with E-state index in [1.165, 1.54) is 23.6 Å². The van der Waals surface area contributed by atoms with Gasteiger partial charge in [-0.05, 0) is 17.5 Å². The molecule has 33 heavy (non-hydrogen) atoms. The van der Waals surface area contributed by atoms with Crippen LogP contribution >= 0.6 is 23.5 Å². The van der Waals surface area contributed by atoms with Gasteiger partial charge in [-0.25, -0.2) is 0 Å². The molecule has 1 aliphatic rings. The molecule has 3 rings (SSSR count). The van der Waals surface area contributed by atoms with Crippen LogP contribution in [-0.4, -0.2) is 63.0 Å². The van der Waals surface area contributed by atoms with Crippen molar-refractivity contribution in [3.63, 3.8) is 0 Å². The molecule has 1 saturated heterocycles. The van der Waals surface area contributed by atoms with Crippen LogP contribution in [0.4, 0.5) is 0 Å². The minimum atomic E-state index is -1.11. The van der Waals surface area contributed by atoms with E-state index in [4.69, 9.17) is 0 Å². The summed E-state index contributed by atoms with van der Waals surface area (Å²) in [6.07, 6.45) is 0.344. The lowest BCUT2D eigenvalue weighted by Gasteiger charge is -2.25. The zero-order valence-corrected chi connectivity index (χ0v) is 19.8. The van der Waals surface area contributed by atoms with Gasteiger partial charge >= 0.3 is 5.97 Å². The summed E-state index contributed by atoms with van der Waals surface area (Å²) in [6.45, 7) is 1.20. The fourth-order valence-corrected chi connectivity index (χ4v) is 5.74. The second-order valence-electron chi connectivity index (χ2n) is 7.69. The molecule has 0 bridgehead atoms. The molecule has 0 aliphatic carbocycles. The number of carboxylic acids is 1. The van der Waals surface area contributed by atoms with Crippen molar-refractivity contribution in [3.8, 4) is 0 Å².